The summed E-state index contributed by atoms with van der Waals surface area (Å²) in [5.41, 5.74) is 5.49. The molecule has 0 radical (unpaired) electrons. The molecule has 168 valence electrons. The van der Waals surface area contributed by atoms with Gasteiger partial charge in [-0.1, -0.05) is 55.5 Å². The summed E-state index contributed by atoms with van der Waals surface area (Å²) < 4.78 is 0. The predicted octanol–water partition coefficient (Wildman–Crippen LogP) is 5.78. The molecular formula is C29H36N2O. The lowest BCUT2D eigenvalue weighted by atomic mass is 9.67. The van der Waals surface area contributed by atoms with Gasteiger partial charge in [0.2, 0.25) is 0 Å². The van der Waals surface area contributed by atoms with Crippen LogP contribution in [-0.2, 0) is 0 Å². The van der Waals surface area contributed by atoms with E-state index in [4.69, 9.17) is 0 Å². The molecule has 0 aromatic heterocycles. The molecule has 1 saturated carbocycles. The fourth-order valence-corrected chi connectivity index (χ4v) is 6.52. The number of allylic oxidation sites excluding steroid dienone is 8. The van der Waals surface area contributed by atoms with E-state index in [1.165, 1.54) is 49.9 Å². The van der Waals surface area contributed by atoms with Gasteiger partial charge in [-0.3, -0.25) is 4.79 Å². The van der Waals surface area contributed by atoms with Crippen LogP contribution in [0.2, 0.25) is 0 Å². The molecule has 2 fully saturated rings. The van der Waals surface area contributed by atoms with Crippen molar-refractivity contribution in [3.8, 4) is 0 Å². The van der Waals surface area contributed by atoms with Crippen LogP contribution < -0.4 is 5.32 Å². The molecule has 1 N–H and O–H groups in total. The van der Waals surface area contributed by atoms with Gasteiger partial charge in [-0.05, 0) is 86.3 Å². The Labute approximate surface area is 193 Å². The molecule has 1 aromatic carbocycles. The van der Waals surface area contributed by atoms with Crippen LogP contribution in [0.15, 0.2) is 71.9 Å². The molecule has 1 saturated heterocycles. The molecule has 3 heteroatoms. The molecule has 4 atom stereocenters. The van der Waals surface area contributed by atoms with Gasteiger partial charge in [0.1, 0.15) is 0 Å². The summed E-state index contributed by atoms with van der Waals surface area (Å²) in [5, 5.41) is 2.89. The zero-order chi connectivity index (χ0) is 22.1. The molecule has 3 aliphatic carbocycles. The highest BCUT2D eigenvalue weighted by Gasteiger charge is 2.45. The van der Waals surface area contributed by atoms with E-state index in [0.717, 1.165) is 12.0 Å². The summed E-state index contributed by atoms with van der Waals surface area (Å²) >= 11 is 0. The van der Waals surface area contributed by atoms with Crippen molar-refractivity contribution in [1.82, 2.24) is 10.2 Å². The average Bonchev–Trinajstić information content (AvgIpc) is 3.35. The Morgan fingerprint density at radius 3 is 2.78 bits per heavy atom. The molecule has 1 spiro atoms. The topological polar surface area (TPSA) is 32.3 Å². The van der Waals surface area contributed by atoms with Gasteiger partial charge in [0.25, 0.3) is 5.91 Å². The third-order valence-corrected chi connectivity index (χ3v) is 8.38. The number of nitrogens with zero attached hydrogens (tertiary/aromatic N) is 1. The molecule has 3 unspecified atom stereocenters. The summed E-state index contributed by atoms with van der Waals surface area (Å²) in [5.74, 6) is 1.28. The first-order chi connectivity index (χ1) is 15.6. The van der Waals surface area contributed by atoms with Crippen molar-refractivity contribution in [1.29, 1.82) is 0 Å². The maximum Gasteiger partial charge on any atom is 0.251 e. The van der Waals surface area contributed by atoms with Crippen molar-refractivity contribution in [2.24, 2.45) is 11.3 Å². The van der Waals surface area contributed by atoms with Crippen LogP contribution in [0.3, 0.4) is 0 Å². The molecule has 3 nitrogen and oxygen atoms in total. The molecule has 1 heterocycles. The Hall–Kier alpha value is -2.39. The smallest absolute Gasteiger partial charge is 0.251 e. The van der Waals surface area contributed by atoms with Gasteiger partial charge in [0, 0.05) is 30.1 Å². The lowest BCUT2D eigenvalue weighted by Crippen LogP contribution is -2.49. The number of carbonyl (C=O) groups is 1. The molecular weight excluding hydrogens is 392 g/mol. The minimum absolute atomic E-state index is 0.0260. The highest BCUT2D eigenvalue weighted by Crippen LogP contribution is 2.51. The van der Waals surface area contributed by atoms with Crippen LogP contribution in [0.25, 0.3) is 0 Å². The number of hydrogen-bond acceptors (Lipinski definition) is 2. The molecule has 1 aromatic rings. The first-order valence-electron chi connectivity index (χ1n) is 12.5. The zero-order valence-electron chi connectivity index (χ0n) is 19.5. The summed E-state index contributed by atoms with van der Waals surface area (Å²) in [6, 6.07) is 9.03. The number of rotatable bonds is 4. The quantitative estimate of drug-likeness (QED) is 0.659. The Bertz CT molecular complexity index is 983. The van der Waals surface area contributed by atoms with Crippen molar-refractivity contribution < 1.29 is 4.79 Å². The second kappa shape index (κ2) is 8.86. The van der Waals surface area contributed by atoms with Crippen molar-refractivity contribution in [3.63, 3.8) is 0 Å². The first kappa shape index (κ1) is 21.5. The van der Waals surface area contributed by atoms with E-state index in [0.29, 0.717) is 24.4 Å². The standard InChI is InChI=1S/C29H36N2O/c1-3-30-28(32)24-11-9-22(10-12-24)25-13-14-26(19-25)31-18-17-29(21(2)20-31)16-15-23-7-5-4-6-8-27(23)29/h4-6,8-12,15-16,21,25-26H,3,7,13-14,17-20H2,1-2H3,(H,30,32)/t21-,25?,26?,29?/m0/s1. The summed E-state index contributed by atoms with van der Waals surface area (Å²) in [6.07, 6.45) is 20.1. The van der Waals surface area contributed by atoms with Crippen molar-refractivity contribution in [2.45, 2.75) is 57.9 Å². The fraction of sp³-hybridized carbons (Fsp3) is 0.483. The monoisotopic (exact) mass is 428 g/mol. The van der Waals surface area contributed by atoms with Gasteiger partial charge < -0.3 is 10.2 Å². The zero-order valence-corrected chi connectivity index (χ0v) is 19.5. The Morgan fingerprint density at radius 2 is 2.00 bits per heavy atom. The number of nitrogens with one attached hydrogen (secondary N) is 1. The van der Waals surface area contributed by atoms with E-state index >= 15 is 0 Å². The molecule has 1 amide bonds. The number of hydrogen-bond donors (Lipinski definition) is 1. The second-order valence-corrected chi connectivity index (χ2v) is 10.1. The van der Waals surface area contributed by atoms with Crippen molar-refractivity contribution in [2.75, 3.05) is 19.6 Å². The van der Waals surface area contributed by atoms with Crippen molar-refractivity contribution in [3.05, 3.63) is 83.0 Å². The number of likely N-dealkylation sites (tertiary alicyclic amines) is 1. The van der Waals surface area contributed by atoms with Gasteiger partial charge in [-0.15, -0.1) is 0 Å². The van der Waals surface area contributed by atoms with E-state index in [2.05, 4.69) is 65.7 Å². The normalized spacial score (nSPS) is 31.9. The number of piperidine rings is 1. The molecule has 4 aliphatic rings. The lowest BCUT2D eigenvalue weighted by molar-refractivity contribution is 0.0723. The number of fused-ring (bicyclic) bond motifs is 1. The predicted molar refractivity (Wildman–Crippen MR) is 132 cm³/mol. The highest BCUT2D eigenvalue weighted by atomic mass is 16.1. The number of carbonyl (C=O) groups excluding carboxylic acids is 1. The minimum Gasteiger partial charge on any atom is -0.352 e. The number of amides is 1. The van der Waals surface area contributed by atoms with E-state index in [-0.39, 0.29) is 11.3 Å². The van der Waals surface area contributed by atoms with Gasteiger partial charge >= 0.3 is 0 Å². The van der Waals surface area contributed by atoms with Gasteiger partial charge in [-0.25, -0.2) is 0 Å². The van der Waals surface area contributed by atoms with E-state index in [9.17, 15) is 4.79 Å². The maximum absolute atomic E-state index is 12.0. The van der Waals surface area contributed by atoms with Crippen molar-refractivity contribution >= 4 is 5.91 Å². The third-order valence-electron chi connectivity index (χ3n) is 8.38. The Balaban J connectivity index is 1.22. The van der Waals surface area contributed by atoms with Crippen LogP contribution in [-0.4, -0.2) is 36.5 Å². The molecule has 0 bridgehead atoms. The van der Waals surface area contributed by atoms with Crippen LogP contribution in [0, 0.1) is 11.3 Å². The van der Waals surface area contributed by atoms with Gasteiger partial charge in [0.15, 0.2) is 0 Å². The largest absolute Gasteiger partial charge is 0.352 e. The van der Waals surface area contributed by atoms with Crippen LogP contribution in [0.5, 0.6) is 0 Å². The molecule has 1 aliphatic heterocycles. The van der Waals surface area contributed by atoms with Gasteiger partial charge in [-0.2, -0.15) is 0 Å². The van der Waals surface area contributed by atoms with E-state index in [1.807, 2.05) is 19.1 Å². The summed E-state index contributed by atoms with van der Waals surface area (Å²) in [6.45, 7) is 7.47. The maximum atomic E-state index is 12.0. The van der Waals surface area contributed by atoms with Crippen LogP contribution >= 0.6 is 0 Å². The average molecular weight is 429 g/mol. The van der Waals surface area contributed by atoms with E-state index in [1.54, 1.807) is 5.57 Å². The second-order valence-electron chi connectivity index (χ2n) is 10.1. The Kier molecular flexibility index (Phi) is 5.94. The minimum atomic E-state index is 0.0260. The van der Waals surface area contributed by atoms with Crippen LogP contribution in [0.4, 0.5) is 0 Å². The fourth-order valence-electron chi connectivity index (χ4n) is 6.52. The Morgan fingerprint density at radius 1 is 1.16 bits per heavy atom. The highest BCUT2D eigenvalue weighted by molar-refractivity contribution is 5.94. The summed E-state index contributed by atoms with van der Waals surface area (Å²) in [7, 11) is 0. The SMILES string of the molecule is CCNC(=O)c1ccc(C2CCC(N3CCC4(C=CC5=C4C=CC=CC5)[C@@H](C)C3)C2)cc1. The molecule has 32 heavy (non-hydrogen) atoms. The van der Waals surface area contributed by atoms with E-state index < -0.39 is 0 Å². The summed E-state index contributed by atoms with van der Waals surface area (Å²) in [4.78, 5) is 14.8. The van der Waals surface area contributed by atoms with Crippen LogP contribution in [0.1, 0.15) is 67.8 Å². The van der Waals surface area contributed by atoms with Gasteiger partial charge in [0.05, 0.1) is 0 Å². The third kappa shape index (κ3) is 3.81. The number of benzene rings is 1. The molecule has 5 rings (SSSR count). The lowest BCUT2D eigenvalue weighted by Gasteiger charge is -2.47. The first-order valence-corrected chi connectivity index (χ1v) is 12.5.